The summed E-state index contributed by atoms with van der Waals surface area (Å²) in [6.45, 7) is 1.70. The van der Waals surface area contributed by atoms with Gasteiger partial charge in [-0.2, -0.15) is 0 Å². The summed E-state index contributed by atoms with van der Waals surface area (Å²) in [6, 6.07) is 4.84. The van der Waals surface area contributed by atoms with Crippen LogP contribution in [0.5, 0.6) is 0 Å². The van der Waals surface area contributed by atoms with Crippen molar-refractivity contribution in [2.24, 2.45) is 0 Å². The fourth-order valence-electron chi connectivity index (χ4n) is 1.22. The molecular formula is C11H7BrClFN2. The molecule has 0 aliphatic rings. The molecule has 0 aliphatic heterocycles. The van der Waals surface area contributed by atoms with Crippen molar-refractivity contribution in [3.63, 3.8) is 0 Å². The Labute approximate surface area is 106 Å². The maximum atomic E-state index is 13.3. The van der Waals surface area contributed by atoms with Crippen LogP contribution in [0.4, 0.5) is 4.39 Å². The third-order valence-corrected chi connectivity index (χ3v) is 3.23. The molecule has 2 nitrogen and oxygen atoms in total. The lowest BCUT2D eigenvalue weighted by atomic mass is 10.1. The standard InChI is InChI=1S/C11H7BrClFN2/c1-6-2-3-7(4-9(6)14)11-15-5-8(12)10(13)16-11/h2-5H,1H3. The molecular weight excluding hydrogens is 294 g/mol. The molecule has 1 aromatic carbocycles. The van der Waals surface area contributed by atoms with Crippen LogP contribution in [0.3, 0.4) is 0 Å². The number of hydrogen-bond donors (Lipinski definition) is 0. The predicted molar refractivity (Wildman–Crippen MR) is 64.9 cm³/mol. The average Bonchev–Trinajstić information content (AvgIpc) is 2.26. The molecule has 0 bridgehead atoms. The largest absolute Gasteiger partial charge is 0.235 e. The summed E-state index contributed by atoms with van der Waals surface area (Å²) in [6.07, 6.45) is 1.54. The van der Waals surface area contributed by atoms with Gasteiger partial charge in [0.15, 0.2) is 5.82 Å². The topological polar surface area (TPSA) is 25.8 Å². The second-order valence-electron chi connectivity index (χ2n) is 3.30. The second kappa shape index (κ2) is 4.47. The van der Waals surface area contributed by atoms with Gasteiger partial charge in [0.05, 0.1) is 4.47 Å². The number of aryl methyl sites for hydroxylation is 1. The third kappa shape index (κ3) is 2.23. The summed E-state index contributed by atoms with van der Waals surface area (Å²) in [5.41, 5.74) is 1.20. The summed E-state index contributed by atoms with van der Waals surface area (Å²) in [5.74, 6) is 0.132. The van der Waals surface area contributed by atoms with E-state index in [0.29, 0.717) is 26.6 Å². The summed E-state index contributed by atoms with van der Waals surface area (Å²) in [4.78, 5) is 8.13. The van der Waals surface area contributed by atoms with Crippen molar-refractivity contribution in [3.8, 4) is 11.4 Å². The Morgan fingerprint density at radius 1 is 1.38 bits per heavy atom. The van der Waals surface area contributed by atoms with E-state index in [0.717, 1.165) is 0 Å². The van der Waals surface area contributed by atoms with E-state index in [1.165, 1.54) is 6.07 Å². The van der Waals surface area contributed by atoms with Gasteiger partial charge >= 0.3 is 0 Å². The fourth-order valence-corrected chi connectivity index (χ4v) is 1.54. The Hall–Kier alpha value is -1.00. The molecule has 0 N–H and O–H groups in total. The average molecular weight is 302 g/mol. The van der Waals surface area contributed by atoms with E-state index in [-0.39, 0.29) is 5.82 Å². The highest BCUT2D eigenvalue weighted by atomic mass is 79.9. The minimum absolute atomic E-state index is 0.278. The Bertz CT molecular complexity index is 496. The molecule has 0 fully saturated rings. The van der Waals surface area contributed by atoms with Gasteiger partial charge in [0.2, 0.25) is 0 Å². The molecule has 1 heterocycles. The van der Waals surface area contributed by atoms with Crippen molar-refractivity contribution in [3.05, 3.63) is 45.4 Å². The van der Waals surface area contributed by atoms with Crippen LogP contribution in [0, 0.1) is 12.7 Å². The van der Waals surface area contributed by atoms with Gasteiger partial charge in [-0.15, -0.1) is 0 Å². The molecule has 0 unspecified atom stereocenters. The molecule has 0 saturated carbocycles. The lowest BCUT2D eigenvalue weighted by molar-refractivity contribution is 0.619. The van der Waals surface area contributed by atoms with E-state index in [2.05, 4.69) is 25.9 Å². The zero-order chi connectivity index (χ0) is 11.7. The van der Waals surface area contributed by atoms with Crippen molar-refractivity contribution in [1.29, 1.82) is 0 Å². The van der Waals surface area contributed by atoms with Gasteiger partial charge in [0, 0.05) is 11.8 Å². The molecule has 0 aliphatic carbocycles. The van der Waals surface area contributed by atoms with Gasteiger partial charge in [-0.1, -0.05) is 23.7 Å². The minimum atomic E-state index is -0.278. The number of aromatic nitrogens is 2. The highest BCUT2D eigenvalue weighted by molar-refractivity contribution is 9.10. The van der Waals surface area contributed by atoms with Crippen LogP contribution >= 0.6 is 27.5 Å². The first-order valence-electron chi connectivity index (χ1n) is 4.52. The van der Waals surface area contributed by atoms with E-state index < -0.39 is 0 Å². The number of halogens is 3. The summed E-state index contributed by atoms with van der Waals surface area (Å²) in [5, 5.41) is 0.311. The highest BCUT2D eigenvalue weighted by Crippen LogP contribution is 2.23. The Balaban J connectivity index is 2.50. The van der Waals surface area contributed by atoms with Crippen LogP contribution in [0.2, 0.25) is 5.15 Å². The van der Waals surface area contributed by atoms with Gasteiger partial charge in [-0.3, -0.25) is 0 Å². The van der Waals surface area contributed by atoms with Gasteiger partial charge in [0.25, 0.3) is 0 Å². The molecule has 0 amide bonds. The summed E-state index contributed by atoms with van der Waals surface area (Å²) < 4.78 is 14.0. The number of nitrogens with zero attached hydrogens (tertiary/aromatic N) is 2. The van der Waals surface area contributed by atoms with Crippen molar-refractivity contribution in [1.82, 2.24) is 9.97 Å². The molecule has 82 valence electrons. The van der Waals surface area contributed by atoms with Crippen LogP contribution in [-0.4, -0.2) is 9.97 Å². The lowest BCUT2D eigenvalue weighted by Crippen LogP contribution is -1.91. The summed E-state index contributed by atoms with van der Waals surface area (Å²) in [7, 11) is 0. The van der Waals surface area contributed by atoms with Crippen LogP contribution in [0.15, 0.2) is 28.9 Å². The first-order chi connectivity index (χ1) is 7.58. The van der Waals surface area contributed by atoms with Crippen molar-refractivity contribution in [2.45, 2.75) is 6.92 Å². The van der Waals surface area contributed by atoms with Crippen LogP contribution < -0.4 is 0 Å². The third-order valence-electron chi connectivity index (χ3n) is 2.13. The molecule has 0 saturated heterocycles. The molecule has 0 radical (unpaired) electrons. The number of rotatable bonds is 1. The zero-order valence-electron chi connectivity index (χ0n) is 8.34. The van der Waals surface area contributed by atoms with Gasteiger partial charge < -0.3 is 0 Å². The van der Waals surface area contributed by atoms with Crippen molar-refractivity contribution >= 4 is 27.5 Å². The maximum absolute atomic E-state index is 13.3. The monoisotopic (exact) mass is 300 g/mol. The van der Waals surface area contributed by atoms with E-state index in [9.17, 15) is 4.39 Å². The van der Waals surface area contributed by atoms with Crippen LogP contribution in [-0.2, 0) is 0 Å². The van der Waals surface area contributed by atoms with Gasteiger partial charge in [0.1, 0.15) is 11.0 Å². The molecule has 0 atom stereocenters. The van der Waals surface area contributed by atoms with Crippen LogP contribution in [0.1, 0.15) is 5.56 Å². The van der Waals surface area contributed by atoms with E-state index in [1.807, 2.05) is 0 Å². The minimum Gasteiger partial charge on any atom is -0.235 e. The quantitative estimate of drug-likeness (QED) is 0.744. The molecule has 1 aromatic heterocycles. The lowest BCUT2D eigenvalue weighted by Gasteiger charge is -2.03. The molecule has 2 aromatic rings. The van der Waals surface area contributed by atoms with E-state index >= 15 is 0 Å². The highest BCUT2D eigenvalue weighted by Gasteiger charge is 2.07. The first-order valence-corrected chi connectivity index (χ1v) is 5.69. The Morgan fingerprint density at radius 2 is 2.12 bits per heavy atom. The van der Waals surface area contributed by atoms with Crippen LogP contribution in [0.25, 0.3) is 11.4 Å². The number of benzene rings is 1. The smallest absolute Gasteiger partial charge is 0.161 e. The van der Waals surface area contributed by atoms with Crippen molar-refractivity contribution in [2.75, 3.05) is 0 Å². The maximum Gasteiger partial charge on any atom is 0.161 e. The van der Waals surface area contributed by atoms with Crippen molar-refractivity contribution < 1.29 is 4.39 Å². The molecule has 2 rings (SSSR count). The van der Waals surface area contributed by atoms with E-state index in [1.54, 1.807) is 25.3 Å². The van der Waals surface area contributed by atoms with Gasteiger partial charge in [-0.25, -0.2) is 14.4 Å². The first kappa shape index (κ1) is 11.5. The summed E-state index contributed by atoms with van der Waals surface area (Å²) >= 11 is 9.04. The zero-order valence-corrected chi connectivity index (χ0v) is 10.7. The number of hydrogen-bond acceptors (Lipinski definition) is 2. The SMILES string of the molecule is Cc1ccc(-c2ncc(Br)c(Cl)n2)cc1F. The molecule has 0 spiro atoms. The Morgan fingerprint density at radius 3 is 2.75 bits per heavy atom. The molecule has 5 heteroatoms. The second-order valence-corrected chi connectivity index (χ2v) is 4.51. The molecule has 16 heavy (non-hydrogen) atoms. The normalized spacial score (nSPS) is 10.5. The predicted octanol–water partition coefficient (Wildman–Crippen LogP) is 4.01. The Kier molecular flexibility index (Phi) is 3.21. The van der Waals surface area contributed by atoms with E-state index in [4.69, 9.17) is 11.6 Å². The fraction of sp³-hybridized carbons (Fsp3) is 0.0909. The van der Waals surface area contributed by atoms with Gasteiger partial charge in [-0.05, 0) is 34.5 Å².